The minimum atomic E-state index is -0.980. The van der Waals surface area contributed by atoms with E-state index in [0.29, 0.717) is 12.3 Å². The second-order valence-electron chi connectivity index (χ2n) is 3.89. The molecule has 78 valence electrons. The van der Waals surface area contributed by atoms with Gasteiger partial charge in [-0.3, -0.25) is 9.59 Å². The number of Topliss-reactive ketones (excluding diaryl/α,β-unsaturated/α-hetero) is 1. The summed E-state index contributed by atoms with van der Waals surface area (Å²) in [7, 11) is 0. The van der Waals surface area contributed by atoms with Crippen LogP contribution in [0, 0.1) is 11.8 Å². The molecule has 1 aliphatic carbocycles. The molecule has 0 saturated heterocycles. The lowest BCUT2D eigenvalue weighted by Gasteiger charge is -2.20. The molecule has 0 aliphatic heterocycles. The second-order valence-corrected chi connectivity index (χ2v) is 3.89. The Morgan fingerprint density at radius 3 is 2.64 bits per heavy atom. The summed E-state index contributed by atoms with van der Waals surface area (Å²) in [5, 5.41) is 8.84. The molecule has 0 heterocycles. The number of aliphatic carboxylic acids is 1. The molecule has 14 heavy (non-hydrogen) atoms. The van der Waals surface area contributed by atoms with Gasteiger partial charge in [-0.05, 0) is 38.5 Å². The fraction of sp³-hybridized carbons (Fsp3) is 0.636. The van der Waals surface area contributed by atoms with Gasteiger partial charge < -0.3 is 5.11 Å². The molecular weight excluding hydrogens is 180 g/mol. The van der Waals surface area contributed by atoms with Gasteiger partial charge in [0.15, 0.2) is 0 Å². The smallest absolute Gasteiger partial charge is 0.314 e. The average Bonchev–Trinajstić information content (AvgIpc) is 2.15. The van der Waals surface area contributed by atoms with Crippen LogP contribution in [-0.2, 0) is 9.59 Å². The molecule has 0 bridgehead atoms. The van der Waals surface area contributed by atoms with Gasteiger partial charge in [-0.1, -0.05) is 12.2 Å². The highest BCUT2D eigenvalue weighted by atomic mass is 16.4. The molecule has 0 aromatic carbocycles. The lowest BCUT2D eigenvalue weighted by Crippen LogP contribution is -2.24. The molecule has 2 unspecified atom stereocenters. The molecule has 0 aromatic heterocycles. The SMILES string of the molecule is CC(=O)C(CC1CC=CCC1)C(=O)O. The topological polar surface area (TPSA) is 54.4 Å². The minimum absolute atomic E-state index is 0.230. The van der Waals surface area contributed by atoms with Crippen LogP contribution in [0.2, 0.25) is 0 Å². The Morgan fingerprint density at radius 2 is 2.21 bits per heavy atom. The number of carbonyl (C=O) groups is 2. The zero-order chi connectivity index (χ0) is 10.6. The van der Waals surface area contributed by atoms with Crippen molar-refractivity contribution in [3.8, 4) is 0 Å². The number of carboxylic acids is 1. The van der Waals surface area contributed by atoms with E-state index >= 15 is 0 Å². The second kappa shape index (κ2) is 4.94. The third kappa shape index (κ3) is 2.98. The highest BCUT2D eigenvalue weighted by molar-refractivity contribution is 5.96. The summed E-state index contributed by atoms with van der Waals surface area (Å²) in [5.41, 5.74) is 0. The maximum absolute atomic E-state index is 11.1. The number of rotatable bonds is 4. The van der Waals surface area contributed by atoms with Gasteiger partial charge in [0.1, 0.15) is 11.7 Å². The van der Waals surface area contributed by atoms with Crippen molar-refractivity contribution in [1.29, 1.82) is 0 Å². The lowest BCUT2D eigenvalue weighted by molar-refractivity contribution is -0.146. The number of hydrogen-bond acceptors (Lipinski definition) is 2. The van der Waals surface area contributed by atoms with Crippen LogP contribution in [0.4, 0.5) is 0 Å². The Morgan fingerprint density at radius 1 is 1.50 bits per heavy atom. The normalized spacial score (nSPS) is 23.1. The van der Waals surface area contributed by atoms with Gasteiger partial charge in [0.2, 0.25) is 0 Å². The molecule has 1 aliphatic rings. The van der Waals surface area contributed by atoms with E-state index in [1.165, 1.54) is 6.92 Å². The summed E-state index contributed by atoms with van der Waals surface area (Å²) in [6.07, 6.45) is 7.61. The maximum atomic E-state index is 11.1. The quantitative estimate of drug-likeness (QED) is 0.553. The Balaban J connectivity index is 2.50. The predicted octanol–water partition coefficient (Wildman–Crippen LogP) is 2.02. The maximum Gasteiger partial charge on any atom is 0.314 e. The number of hydrogen-bond donors (Lipinski definition) is 1. The van der Waals surface area contributed by atoms with Crippen molar-refractivity contribution in [2.75, 3.05) is 0 Å². The molecule has 2 atom stereocenters. The first-order chi connectivity index (χ1) is 6.61. The van der Waals surface area contributed by atoms with Crippen molar-refractivity contribution >= 4 is 11.8 Å². The molecular formula is C11H16O3. The van der Waals surface area contributed by atoms with Crippen molar-refractivity contribution in [3.05, 3.63) is 12.2 Å². The van der Waals surface area contributed by atoms with Gasteiger partial charge >= 0.3 is 5.97 Å². The van der Waals surface area contributed by atoms with Crippen LogP contribution in [0.3, 0.4) is 0 Å². The largest absolute Gasteiger partial charge is 0.481 e. The number of allylic oxidation sites excluding steroid dienone is 2. The van der Waals surface area contributed by atoms with Crippen molar-refractivity contribution < 1.29 is 14.7 Å². The number of ketones is 1. The standard InChI is InChI=1S/C11H16O3/c1-8(12)10(11(13)14)7-9-5-3-2-4-6-9/h2-3,9-10H,4-7H2,1H3,(H,13,14). The summed E-state index contributed by atoms with van der Waals surface area (Å²) in [6.45, 7) is 1.36. The van der Waals surface area contributed by atoms with Gasteiger partial charge in [-0.15, -0.1) is 0 Å². The summed E-state index contributed by atoms with van der Waals surface area (Å²) in [6, 6.07) is 0. The van der Waals surface area contributed by atoms with E-state index in [2.05, 4.69) is 12.2 Å². The van der Waals surface area contributed by atoms with E-state index in [1.807, 2.05) is 0 Å². The van der Waals surface area contributed by atoms with Crippen LogP contribution in [0.1, 0.15) is 32.6 Å². The third-order valence-electron chi connectivity index (χ3n) is 2.74. The van der Waals surface area contributed by atoms with Crippen molar-refractivity contribution in [2.45, 2.75) is 32.6 Å². The Hall–Kier alpha value is -1.12. The Bertz CT molecular complexity index is 241. The van der Waals surface area contributed by atoms with Crippen LogP contribution in [0.15, 0.2) is 12.2 Å². The monoisotopic (exact) mass is 196 g/mol. The Labute approximate surface area is 83.8 Å². The summed E-state index contributed by atoms with van der Waals surface area (Å²) < 4.78 is 0. The van der Waals surface area contributed by atoms with Gasteiger partial charge in [-0.2, -0.15) is 0 Å². The zero-order valence-corrected chi connectivity index (χ0v) is 8.40. The molecule has 0 amide bonds. The average molecular weight is 196 g/mol. The van der Waals surface area contributed by atoms with Crippen molar-refractivity contribution in [1.82, 2.24) is 0 Å². The van der Waals surface area contributed by atoms with Crippen LogP contribution in [-0.4, -0.2) is 16.9 Å². The summed E-state index contributed by atoms with van der Waals surface area (Å²) in [4.78, 5) is 21.8. The fourth-order valence-corrected chi connectivity index (χ4v) is 1.84. The Kier molecular flexibility index (Phi) is 3.86. The zero-order valence-electron chi connectivity index (χ0n) is 8.40. The van der Waals surface area contributed by atoms with E-state index in [-0.39, 0.29) is 5.78 Å². The lowest BCUT2D eigenvalue weighted by atomic mass is 9.84. The van der Waals surface area contributed by atoms with Crippen LogP contribution in [0.5, 0.6) is 0 Å². The fourth-order valence-electron chi connectivity index (χ4n) is 1.84. The first-order valence-corrected chi connectivity index (χ1v) is 4.99. The van der Waals surface area contributed by atoms with Crippen LogP contribution >= 0.6 is 0 Å². The molecule has 0 aromatic rings. The van der Waals surface area contributed by atoms with E-state index in [9.17, 15) is 9.59 Å². The molecule has 0 spiro atoms. The van der Waals surface area contributed by atoms with Crippen molar-refractivity contribution in [3.63, 3.8) is 0 Å². The molecule has 0 saturated carbocycles. The van der Waals surface area contributed by atoms with E-state index in [4.69, 9.17) is 5.11 Å². The van der Waals surface area contributed by atoms with Crippen LogP contribution < -0.4 is 0 Å². The molecule has 1 N–H and O–H groups in total. The highest BCUT2D eigenvalue weighted by Gasteiger charge is 2.26. The summed E-state index contributed by atoms with van der Waals surface area (Å²) in [5.74, 6) is -1.64. The van der Waals surface area contributed by atoms with E-state index in [0.717, 1.165) is 19.3 Å². The van der Waals surface area contributed by atoms with Crippen LogP contribution in [0.25, 0.3) is 0 Å². The first-order valence-electron chi connectivity index (χ1n) is 4.99. The third-order valence-corrected chi connectivity index (χ3v) is 2.74. The molecule has 3 heteroatoms. The van der Waals surface area contributed by atoms with E-state index < -0.39 is 11.9 Å². The number of carbonyl (C=O) groups excluding carboxylic acids is 1. The van der Waals surface area contributed by atoms with Gasteiger partial charge in [0.25, 0.3) is 0 Å². The minimum Gasteiger partial charge on any atom is -0.481 e. The van der Waals surface area contributed by atoms with Gasteiger partial charge in [0.05, 0.1) is 0 Å². The molecule has 1 rings (SSSR count). The summed E-state index contributed by atoms with van der Waals surface area (Å²) >= 11 is 0. The van der Waals surface area contributed by atoms with Gasteiger partial charge in [0, 0.05) is 0 Å². The van der Waals surface area contributed by atoms with Gasteiger partial charge in [-0.25, -0.2) is 0 Å². The molecule has 0 fully saturated rings. The molecule has 3 nitrogen and oxygen atoms in total. The van der Waals surface area contributed by atoms with E-state index in [1.54, 1.807) is 0 Å². The molecule has 0 radical (unpaired) electrons. The van der Waals surface area contributed by atoms with Crippen molar-refractivity contribution in [2.24, 2.45) is 11.8 Å². The number of carboxylic acid groups (broad SMARTS) is 1. The first kappa shape index (κ1) is 11.0. The highest BCUT2D eigenvalue weighted by Crippen LogP contribution is 2.25. The predicted molar refractivity (Wildman–Crippen MR) is 52.9 cm³/mol.